The van der Waals surface area contributed by atoms with Gasteiger partial charge in [0.15, 0.2) is 5.78 Å². The largest absolute Gasteiger partial charge is 0.295 e. The molecule has 0 saturated heterocycles. The standard InChI is InChI=1S/C9H10O/c1-7-4-3-5-9(6-7)8(2)10/h3-4,6H,1,5H2,2H3. The van der Waals surface area contributed by atoms with E-state index in [0.29, 0.717) is 0 Å². The molecule has 0 aromatic heterocycles. The predicted octanol–water partition coefficient (Wildman–Crippen LogP) is 2.02. The summed E-state index contributed by atoms with van der Waals surface area (Å²) in [5.41, 5.74) is 1.77. The lowest BCUT2D eigenvalue weighted by Crippen LogP contribution is -1.98. The summed E-state index contributed by atoms with van der Waals surface area (Å²) in [7, 11) is 0. The molecule has 52 valence electrons. The molecule has 1 aliphatic carbocycles. The van der Waals surface area contributed by atoms with Crippen LogP contribution in [0.4, 0.5) is 0 Å². The van der Waals surface area contributed by atoms with Crippen LogP contribution in [0.3, 0.4) is 0 Å². The van der Waals surface area contributed by atoms with Gasteiger partial charge in [-0.15, -0.1) is 0 Å². The normalized spacial score (nSPS) is 16.9. The van der Waals surface area contributed by atoms with Gasteiger partial charge < -0.3 is 0 Å². The summed E-state index contributed by atoms with van der Waals surface area (Å²) in [4.78, 5) is 10.8. The first-order chi connectivity index (χ1) is 4.70. The number of Topliss-reactive ketones (excluding diaryl/α,β-unsaturated/α-hetero) is 1. The smallest absolute Gasteiger partial charge is 0.156 e. The minimum atomic E-state index is 0.144. The molecule has 1 nitrogen and oxygen atoms in total. The Hall–Kier alpha value is -1.11. The van der Waals surface area contributed by atoms with E-state index in [1.54, 1.807) is 6.92 Å². The van der Waals surface area contributed by atoms with Crippen molar-refractivity contribution in [2.24, 2.45) is 0 Å². The highest BCUT2D eigenvalue weighted by Gasteiger charge is 2.04. The highest BCUT2D eigenvalue weighted by molar-refractivity contribution is 5.94. The van der Waals surface area contributed by atoms with Crippen molar-refractivity contribution in [3.8, 4) is 0 Å². The van der Waals surface area contributed by atoms with Crippen LogP contribution in [-0.4, -0.2) is 5.78 Å². The fourth-order valence-electron chi connectivity index (χ4n) is 0.913. The molecule has 0 heterocycles. The number of hydrogen-bond acceptors (Lipinski definition) is 1. The lowest BCUT2D eigenvalue weighted by Gasteiger charge is -2.04. The van der Waals surface area contributed by atoms with E-state index < -0.39 is 0 Å². The minimum Gasteiger partial charge on any atom is -0.295 e. The van der Waals surface area contributed by atoms with E-state index >= 15 is 0 Å². The summed E-state index contributed by atoms with van der Waals surface area (Å²) in [6.45, 7) is 5.31. The van der Waals surface area contributed by atoms with Gasteiger partial charge in [0.05, 0.1) is 0 Å². The zero-order valence-electron chi connectivity index (χ0n) is 6.05. The number of carbonyl (C=O) groups is 1. The average molecular weight is 134 g/mol. The summed E-state index contributed by atoms with van der Waals surface area (Å²) >= 11 is 0. The van der Waals surface area contributed by atoms with Crippen molar-refractivity contribution in [1.29, 1.82) is 0 Å². The topological polar surface area (TPSA) is 17.1 Å². The van der Waals surface area contributed by atoms with Crippen LogP contribution in [0.1, 0.15) is 13.3 Å². The highest BCUT2D eigenvalue weighted by Crippen LogP contribution is 2.14. The molecule has 0 N–H and O–H groups in total. The quantitative estimate of drug-likeness (QED) is 0.536. The maximum atomic E-state index is 10.8. The van der Waals surface area contributed by atoms with Crippen molar-refractivity contribution in [1.82, 2.24) is 0 Å². The molecule has 0 aromatic rings. The summed E-state index contributed by atoms with van der Waals surface area (Å²) in [6, 6.07) is 0. The molecular weight excluding hydrogens is 124 g/mol. The van der Waals surface area contributed by atoms with Gasteiger partial charge in [-0.2, -0.15) is 0 Å². The van der Waals surface area contributed by atoms with Crippen molar-refractivity contribution in [2.75, 3.05) is 0 Å². The van der Waals surface area contributed by atoms with Crippen LogP contribution < -0.4 is 0 Å². The van der Waals surface area contributed by atoms with Gasteiger partial charge in [0.25, 0.3) is 0 Å². The number of carbonyl (C=O) groups excluding carboxylic acids is 1. The van der Waals surface area contributed by atoms with Gasteiger partial charge in [0.1, 0.15) is 0 Å². The maximum Gasteiger partial charge on any atom is 0.156 e. The van der Waals surface area contributed by atoms with Crippen LogP contribution in [0.2, 0.25) is 0 Å². The fourth-order valence-corrected chi connectivity index (χ4v) is 0.913. The maximum absolute atomic E-state index is 10.8. The van der Waals surface area contributed by atoms with Gasteiger partial charge in [-0.1, -0.05) is 18.7 Å². The van der Waals surface area contributed by atoms with E-state index in [1.807, 2.05) is 18.2 Å². The van der Waals surface area contributed by atoms with Gasteiger partial charge in [-0.3, -0.25) is 4.79 Å². The third kappa shape index (κ3) is 1.44. The zero-order chi connectivity index (χ0) is 7.56. The van der Waals surface area contributed by atoms with E-state index in [4.69, 9.17) is 0 Å². The summed E-state index contributed by atoms with van der Waals surface area (Å²) in [5.74, 6) is 0.144. The first-order valence-corrected chi connectivity index (χ1v) is 3.27. The van der Waals surface area contributed by atoms with Gasteiger partial charge in [-0.05, 0) is 30.6 Å². The Morgan fingerprint density at radius 2 is 2.40 bits per heavy atom. The second-order valence-corrected chi connectivity index (χ2v) is 2.41. The fraction of sp³-hybridized carbons (Fsp3) is 0.222. The van der Waals surface area contributed by atoms with Crippen LogP contribution in [0.15, 0.2) is 36.0 Å². The molecule has 0 fully saturated rings. The summed E-state index contributed by atoms with van der Waals surface area (Å²) in [6.07, 6.45) is 6.47. The second kappa shape index (κ2) is 2.65. The van der Waals surface area contributed by atoms with E-state index in [1.165, 1.54) is 0 Å². The molecule has 0 spiro atoms. The molecule has 0 atom stereocenters. The Morgan fingerprint density at radius 3 is 2.80 bits per heavy atom. The highest BCUT2D eigenvalue weighted by atomic mass is 16.1. The third-order valence-electron chi connectivity index (χ3n) is 1.48. The van der Waals surface area contributed by atoms with Gasteiger partial charge >= 0.3 is 0 Å². The van der Waals surface area contributed by atoms with Gasteiger partial charge in [0, 0.05) is 0 Å². The molecule has 0 radical (unpaired) electrons. The molecule has 0 amide bonds. The van der Waals surface area contributed by atoms with Crippen LogP contribution in [0.5, 0.6) is 0 Å². The molecule has 0 saturated carbocycles. The average Bonchev–Trinajstić information content (AvgIpc) is 1.88. The van der Waals surface area contributed by atoms with Gasteiger partial charge in [-0.25, -0.2) is 0 Å². The monoisotopic (exact) mass is 134 g/mol. The second-order valence-electron chi connectivity index (χ2n) is 2.41. The lowest BCUT2D eigenvalue weighted by molar-refractivity contribution is -0.113. The van der Waals surface area contributed by atoms with Gasteiger partial charge in [0.2, 0.25) is 0 Å². The van der Waals surface area contributed by atoms with E-state index in [0.717, 1.165) is 17.6 Å². The lowest BCUT2D eigenvalue weighted by atomic mass is 10.0. The Balaban J connectivity index is 2.81. The number of rotatable bonds is 1. The molecule has 1 aliphatic rings. The summed E-state index contributed by atoms with van der Waals surface area (Å²) in [5, 5.41) is 0. The minimum absolute atomic E-state index is 0.144. The number of allylic oxidation sites excluding steroid dienone is 5. The van der Waals surface area contributed by atoms with E-state index in [-0.39, 0.29) is 5.78 Å². The SMILES string of the molecule is C=C1C=CCC(C(C)=O)=C1. The third-order valence-corrected chi connectivity index (χ3v) is 1.48. The first kappa shape index (κ1) is 7.00. The van der Waals surface area contributed by atoms with E-state index in [2.05, 4.69) is 6.58 Å². The Kier molecular flexibility index (Phi) is 1.86. The molecule has 0 unspecified atom stereocenters. The first-order valence-electron chi connectivity index (χ1n) is 3.27. The molecular formula is C9H10O. The molecule has 0 aliphatic heterocycles. The summed E-state index contributed by atoms with van der Waals surface area (Å²) < 4.78 is 0. The molecule has 0 aromatic carbocycles. The van der Waals surface area contributed by atoms with Crippen LogP contribution in [0.25, 0.3) is 0 Å². The van der Waals surface area contributed by atoms with Crippen LogP contribution in [0, 0.1) is 0 Å². The van der Waals surface area contributed by atoms with Crippen molar-refractivity contribution in [2.45, 2.75) is 13.3 Å². The van der Waals surface area contributed by atoms with Crippen molar-refractivity contribution in [3.63, 3.8) is 0 Å². The van der Waals surface area contributed by atoms with Crippen LogP contribution in [-0.2, 0) is 4.79 Å². The van der Waals surface area contributed by atoms with Crippen molar-refractivity contribution in [3.05, 3.63) is 36.0 Å². The Bertz CT molecular complexity index is 231. The molecule has 1 heteroatoms. The number of ketones is 1. The molecule has 1 rings (SSSR count). The zero-order valence-corrected chi connectivity index (χ0v) is 6.05. The Morgan fingerprint density at radius 1 is 1.70 bits per heavy atom. The van der Waals surface area contributed by atoms with Crippen LogP contribution >= 0.6 is 0 Å². The molecule has 10 heavy (non-hydrogen) atoms. The predicted molar refractivity (Wildman–Crippen MR) is 41.7 cm³/mol. The molecule has 0 bridgehead atoms. The van der Waals surface area contributed by atoms with E-state index in [9.17, 15) is 4.79 Å². The van der Waals surface area contributed by atoms with Crippen molar-refractivity contribution < 1.29 is 4.79 Å². The Labute approximate surface area is 60.7 Å². The van der Waals surface area contributed by atoms with Crippen molar-refractivity contribution >= 4 is 5.78 Å². The number of hydrogen-bond donors (Lipinski definition) is 0.